The lowest BCUT2D eigenvalue weighted by atomic mass is 10.1. The van der Waals surface area contributed by atoms with Crippen LogP contribution in [0, 0.1) is 0 Å². The standard InChI is InChI=1S/C11H17N3O2S2/c1-7(12)11-14-9(6-17-11)10(15)13-8-2-4-18(16)5-3-8/h6-8H,2-5,12H2,1H3,(H,13,15). The molecule has 0 bridgehead atoms. The summed E-state index contributed by atoms with van der Waals surface area (Å²) in [6.45, 7) is 1.84. The largest absolute Gasteiger partial charge is 0.348 e. The van der Waals surface area contributed by atoms with Crippen molar-refractivity contribution in [3.8, 4) is 0 Å². The molecule has 3 N–H and O–H groups in total. The van der Waals surface area contributed by atoms with Gasteiger partial charge in [-0.3, -0.25) is 9.00 Å². The summed E-state index contributed by atoms with van der Waals surface area (Å²) in [5.74, 6) is 1.19. The Morgan fingerprint density at radius 1 is 1.61 bits per heavy atom. The second-order valence-electron chi connectivity index (χ2n) is 4.46. The van der Waals surface area contributed by atoms with Crippen LogP contribution in [-0.2, 0) is 10.8 Å². The van der Waals surface area contributed by atoms with E-state index < -0.39 is 10.8 Å². The van der Waals surface area contributed by atoms with Crippen LogP contribution in [-0.4, -0.2) is 32.6 Å². The van der Waals surface area contributed by atoms with Gasteiger partial charge in [-0.05, 0) is 19.8 Å². The summed E-state index contributed by atoms with van der Waals surface area (Å²) < 4.78 is 11.2. The minimum atomic E-state index is -0.704. The van der Waals surface area contributed by atoms with Gasteiger partial charge in [0.1, 0.15) is 10.7 Å². The molecule has 18 heavy (non-hydrogen) atoms. The number of nitrogens with two attached hydrogens (primary N) is 1. The van der Waals surface area contributed by atoms with Gasteiger partial charge in [-0.2, -0.15) is 0 Å². The second kappa shape index (κ2) is 5.90. The van der Waals surface area contributed by atoms with Crippen molar-refractivity contribution in [2.75, 3.05) is 11.5 Å². The first-order valence-electron chi connectivity index (χ1n) is 5.93. The Labute approximate surface area is 113 Å². The number of hydrogen-bond acceptors (Lipinski definition) is 5. The van der Waals surface area contributed by atoms with Crippen molar-refractivity contribution in [1.29, 1.82) is 0 Å². The predicted octanol–water partition coefficient (Wildman–Crippen LogP) is 0.804. The number of carbonyl (C=O) groups is 1. The molecule has 1 aliphatic rings. The molecule has 7 heteroatoms. The van der Waals surface area contributed by atoms with E-state index in [1.165, 1.54) is 11.3 Å². The van der Waals surface area contributed by atoms with Crippen LogP contribution >= 0.6 is 11.3 Å². The van der Waals surface area contributed by atoms with E-state index in [1.807, 2.05) is 6.92 Å². The molecule has 0 aliphatic carbocycles. The van der Waals surface area contributed by atoms with Gasteiger partial charge in [-0.25, -0.2) is 4.98 Å². The van der Waals surface area contributed by atoms with Crippen molar-refractivity contribution in [1.82, 2.24) is 10.3 Å². The molecule has 2 rings (SSSR count). The van der Waals surface area contributed by atoms with Gasteiger partial charge < -0.3 is 11.1 Å². The average Bonchev–Trinajstić information content (AvgIpc) is 2.81. The molecule has 100 valence electrons. The fraction of sp³-hybridized carbons (Fsp3) is 0.636. The summed E-state index contributed by atoms with van der Waals surface area (Å²) in [5.41, 5.74) is 6.14. The van der Waals surface area contributed by atoms with Crippen LogP contribution in [0.2, 0.25) is 0 Å². The Morgan fingerprint density at radius 2 is 2.28 bits per heavy atom. The first-order chi connectivity index (χ1) is 8.56. The molecule has 1 saturated heterocycles. The molecule has 0 saturated carbocycles. The van der Waals surface area contributed by atoms with Crippen LogP contribution in [0.15, 0.2) is 5.38 Å². The maximum atomic E-state index is 11.9. The average molecular weight is 287 g/mol. The van der Waals surface area contributed by atoms with Crippen LogP contribution in [0.3, 0.4) is 0 Å². The highest BCUT2D eigenvalue weighted by atomic mass is 32.2. The Hall–Kier alpha value is -0.790. The first-order valence-corrected chi connectivity index (χ1v) is 8.30. The number of nitrogens with one attached hydrogen (secondary N) is 1. The smallest absolute Gasteiger partial charge is 0.270 e. The van der Waals surface area contributed by atoms with Gasteiger partial charge in [-0.15, -0.1) is 11.3 Å². The van der Waals surface area contributed by atoms with Crippen molar-refractivity contribution in [2.24, 2.45) is 5.73 Å². The molecule has 1 atom stereocenters. The third-order valence-corrected chi connectivity index (χ3v) is 5.30. The topological polar surface area (TPSA) is 85.1 Å². The van der Waals surface area contributed by atoms with Gasteiger partial charge in [0.2, 0.25) is 0 Å². The lowest BCUT2D eigenvalue weighted by Crippen LogP contribution is -2.39. The van der Waals surface area contributed by atoms with E-state index in [9.17, 15) is 9.00 Å². The number of thiazole rings is 1. The minimum Gasteiger partial charge on any atom is -0.348 e. The van der Waals surface area contributed by atoms with Gasteiger partial charge in [0, 0.05) is 33.7 Å². The van der Waals surface area contributed by atoms with Crippen molar-refractivity contribution < 1.29 is 9.00 Å². The molecule has 5 nitrogen and oxygen atoms in total. The predicted molar refractivity (Wildman–Crippen MR) is 73.1 cm³/mol. The summed E-state index contributed by atoms with van der Waals surface area (Å²) in [6, 6.07) is -0.0238. The molecule has 2 heterocycles. The minimum absolute atomic E-state index is 0.121. The Balaban J connectivity index is 1.92. The summed E-state index contributed by atoms with van der Waals surface area (Å²) >= 11 is 1.40. The summed E-state index contributed by atoms with van der Waals surface area (Å²) in [7, 11) is -0.704. The van der Waals surface area contributed by atoms with Crippen LogP contribution in [0.5, 0.6) is 0 Å². The second-order valence-corrected chi connectivity index (χ2v) is 7.04. The van der Waals surface area contributed by atoms with Gasteiger partial charge in [-0.1, -0.05) is 0 Å². The van der Waals surface area contributed by atoms with Crippen molar-refractivity contribution >= 4 is 28.0 Å². The SMILES string of the molecule is CC(N)c1nc(C(=O)NC2CCS(=O)CC2)cs1. The van der Waals surface area contributed by atoms with Gasteiger partial charge in [0.25, 0.3) is 5.91 Å². The number of amides is 1. The highest BCUT2D eigenvalue weighted by molar-refractivity contribution is 7.85. The Kier molecular flexibility index (Phi) is 4.47. The Morgan fingerprint density at radius 3 is 2.83 bits per heavy atom. The van der Waals surface area contributed by atoms with Crippen LogP contribution in [0.1, 0.15) is 41.3 Å². The fourth-order valence-corrected chi connectivity index (χ4v) is 3.86. The van der Waals surface area contributed by atoms with Crippen molar-refractivity contribution in [3.63, 3.8) is 0 Å². The van der Waals surface area contributed by atoms with E-state index >= 15 is 0 Å². The molecule has 0 aromatic carbocycles. The van der Waals surface area contributed by atoms with Crippen LogP contribution in [0.4, 0.5) is 0 Å². The highest BCUT2D eigenvalue weighted by Gasteiger charge is 2.21. The number of aromatic nitrogens is 1. The van der Waals surface area contributed by atoms with E-state index in [0.29, 0.717) is 17.2 Å². The highest BCUT2D eigenvalue weighted by Crippen LogP contribution is 2.16. The quantitative estimate of drug-likeness (QED) is 0.861. The number of carbonyl (C=O) groups excluding carboxylic acids is 1. The van der Waals surface area contributed by atoms with Gasteiger partial charge in [0.05, 0.1) is 6.04 Å². The molecule has 0 radical (unpaired) electrons. The summed E-state index contributed by atoms with van der Waals surface area (Å²) in [4.78, 5) is 16.2. The van der Waals surface area contributed by atoms with Crippen LogP contribution < -0.4 is 11.1 Å². The molecule has 1 aliphatic heterocycles. The third kappa shape index (κ3) is 3.37. The zero-order valence-corrected chi connectivity index (χ0v) is 11.9. The van der Waals surface area contributed by atoms with E-state index in [0.717, 1.165) is 17.8 Å². The Bertz CT molecular complexity index is 449. The zero-order valence-electron chi connectivity index (χ0n) is 10.2. The summed E-state index contributed by atoms with van der Waals surface area (Å²) in [5, 5.41) is 5.44. The molecule has 1 fully saturated rings. The molecule has 0 spiro atoms. The van der Waals surface area contributed by atoms with E-state index in [4.69, 9.17) is 5.73 Å². The monoisotopic (exact) mass is 287 g/mol. The molecule has 1 aromatic heterocycles. The number of nitrogens with zero attached hydrogens (tertiary/aromatic N) is 1. The maximum absolute atomic E-state index is 11.9. The molecular weight excluding hydrogens is 270 g/mol. The molecular formula is C11H17N3O2S2. The molecule has 1 aromatic rings. The van der Waals surface area contributed by atoms with Crippen LogP contribution in [0.25, 0.3) is 0 Å². The number of rotatable bonds is 3. The van der Waals surface area contributed by atoms with Gasteiger partial charge in [0.15, 0.2) is 0 Å². The number of hydrogen-bond donors (Lipinski definition) is 2. The van der Waals surface area contributed by atoms with E-state index in [2.05, 4.69) is 10.3 Å². The van der Waals surface area contributed by atoms with Gasteiger partial charge >= 0.3 is 0 Å². The van der Waals surface area contributed by atoms with Crippen molar-refractivity contribution in [3.05, 3.63) is 16.1 Å². The third-order valence-electron chi connectivity index (χ3n) is 2.87. The normalized spacial score (nSPS) is 25.7. The van der Waals surface area contributed by atoms with E-state index in [-0.39, 0.29) is 18.0 Å². The maximum Gasteiger partial charge on any atom is 0.270 e. The first kappa shape index (κ1) is 13.6. The molecule has 1 amide bonds. The lowest BCUT2D eigenvalue weighted by molar-refractivity contribution is 0.0930. The summed E-state index contributed by atoms with van der Waals surface area (Å²) in [6.07, 6.45) is 1.56. The van der Waals surface area contributed by atoms with Crippen molar-refractivity contribution in [2.45, 2.75) is 31.8 Å². The lowest BCUT2D eigenvalue weighted by Gasteiger charge is -2.21. The van der Waals surface area contributed by atoms with E-state index in [1.54, 1.807) is 5.38 Å². The fourth-order valence-electron chi connectivity index (χ4n) is 1.80. The molecule has 1 unspecified atom stereocenters. The zero-order chi connectivity index (χ0) is 13.1.